The molecule has 0 aromatic rings. The molecule has 1 nitrogen and oxygen atoms in total. The van der Waals surface area contributed by atoms with Crippen LogP contribution in [0, 0.1) is 5.92 Å². The van der Waals surface area contributed by atoms with E-state index >= 15 is 0 Å². The van der Waals surface area contributed by atoms with Gasteiger partial charge < -0.3 is 5.32 Å². The summed E-state index contributed by atoms with van der Waals surface area (Å²) in [5, 5.41) is 3.74. The number of hydrogen-bond donors (Lipinski definition) is 1. The van der Waals surface area contributed by atoms with Gasteiger partial charge in [0.1, 0.15) is 0 Å². The van der Waals surface area contributed by atoms with Gasteiger partial charge in [0.05, 0.1) is 0 Å². The monoisotopic (exact) mass is 195 g/mol. The maximum absolute atomic E-state index is 3.74. The highest BCUT2D eigenvalue weighted by atomic mass is 15.0. The molecule has 1 saturated carbocycles. The maximum Gasteiger partial charge on any atom is 0.0307 e. The maximum atomic E-state index is 3.74. The standard InChI is InChI=1S/C13H25N/c1-5-7-10(3)13(12-8-9-12)14-11(4)6-2/h7,11-14H,5-6,8-9H2,1-4H3/b10-7+. The SMILES string of the molecule is CC/C=C(\C)C(NC(C)CC)C1CC1. The molecule has 0 bridgehead atoms. The highest BCUT2D eigenvalue weighted by molar-refractivity contribution is 5.12. The summed E-state index contributed by atoms with van der Waals surface area (Å²) in [6, 6.07) is 1.31. The van der Waals surface area contributed by atoms with Crippen LogP contribution in [0.4, 0.5) is 0 Å². The molecule has 0 aliphatic heterocycles. The molecule has 0 aromatic heterocycles. The lowest BCUT2D eigenvalue weighted by atomic mass is 10.0. The fourth-order valence-corrected chi connectivity index (χ4v) is 1.94. The second kappa shape index (κ2) is 5.55. The van der Waals surface area contributed by atoms with Crippen LogP contribution in [-0.2, 0) is 0 Å². The lowest BCUT2D eigenvalue weighted by molar-refractivity contribution is 0.439. The van der Waals surface area contributed by atoms with Crippen LogP contribution in [0.3, 0.4) is 0 Å². The van der Waals surface area contributed by atoms with Crippen LogP contribution in [-0.4, -0.2) is 12.1 Å². The van der Waals surface area contributed by atoms with Gasteiger partial charge in [-0.1, -0.05) is 25.5 Å². The zero-order chi connectivity index (χ0) is 10.6. The molecular formula is C13H25N. The Hall–Kier alpha value is -0.300. The van der Waals surface area contributed by atoms with E-state index in [4.69, 9.17) is 0 Å². The van der Waals surface area contributed by atoms with Crippen LogP contribution < -0.4 is 5.32 Å². The second-order valence-corrected chi connectivity index (χ2v) is 4.65. The molecule has 1 fully saturated rings. The molecule has 0 saturated heterocycles. The van der Waals surface area contributed by atoms with E-state index in [1.165, 1.54) is 19.3 Å². The van der Waals surface area contributed by atoms with E-state index in [0.29, 0.717) is 12.1 Å². The van der Waals surface area contributed by atoms with Crippen molar-refractivity contribution in [1.29, 1.82) is 0 Å². The van der Waals surface area contributed by atoms with E-state index in [-0.39, 0.29) is 0 Å². The van der Waals surface area contributed by atoms with Crippen molar-refractivity contribution in [3.8, 4) is 0 Å². The first kappa shape index (κ1) is 11.8. The summed E-state index contributed by atoms with van der Waals surface area (Å²) in [6.07, 6.45) is 7.60. The highest BCUT2D eigenvalue weighted by Gasteiger charge is 2.32. The Labute approximate surface area is 89.0 Å². The average molecular weight is 195 g/mol. The summed E-state index contributed by atoms with van der Waals surface area (Å²) in [4.78, 5) is 0. The molecule has 1 heteroatoms. The summed E-state index contributed by atoms with van der Waals surface area (Å²) in [6.45, 7) is 9.04. The second-order valence-electron chi connectivity index (χ2n) is 4.65. The van der Waals surface area contributed by atoms with Crippen molar-refractivity contribution >= 4 is 0 Å². The van der Waals surface area contributed by atoms with Gasteiger partial charge in [-0.05, 0) is 45.4 Å². The van der Waals surface area contributed by atoms with Crippen molar-refractivity contribution in [2.75, 3.05) is 0 Å². The van der Waals surface area contributed by atoms with Crippen LogP contribution in [0.15, 0.2) is 11.6 Å². The summed E-state index contributed by atoms with van der Waals surface area (Å²) in [5.41, 5.74) is 1.55. The minimum Gasteiger partial charge on any atom is -0.308 e. The molecule has 0 aromatic carbocycles. The Morgan fingerprint density at radius 3 is 2.50 bits per heavy atom. The predicted molar refractivity (Wildman–Crippen MR) is 63.4 cm³/mol. The molecule has 14 heavy (non-hydrogen) atoms. The minimum absolute atomic E-state index is 0.654. The molecule has 1 aliphatic rings. The van der Waals surface area contributed by atoms with E-state index in [1.54, 1.807) is 5.57 Å². The Morgan fingerprint density at radius 2 is 2.07 bits per heavy atom. The fourth-order valence-electron chi connectivity index (χ4n) is 1.94. The molecule has 0 radical (unpaired) electrons. The number of nitrogens with one attached hydrogen (secondary N) is 1. The topological polar surface area (TPSA) is 12.0 Å². The molecule has 1 aliphatic carbocycles. The normalized spacial score (nSPS) is 22.1. The lowest BCUT2D eigenvalue weighted by Gasteiger charge is -2.23. The molecule has 1 rings (SSSR count). The highest BCUT2D eigenvalue weighted by Crippen LogP contribution is 2.36. The van der Waals surface area contributed by atoms with Gasteiger partial charge in [-0.2, -0.15) is 0 Å². The van der Waals surface area contributed by atoms with Gasteiger partial charge in [0.2, 0.25) is 0 Å². The van der Waals surface area contributed by atoms with Gasteiger partial charge in [-0.15, -0.1) is 0 Å². The first-order valence-electron chi connectivity index (χ1n) is 6.11. The Balaban J connectivity index is 2.50. The van der Waals surface area contributed by atoms with E-state index in [1.807, 2.05) is 0 Å². The van der Waals surface area contributed by atoms with Gasteiger partial charge in [0, 0.05) is 12.1 Å². The van der Waals surface area contributed by atoms with Crippen molar-refractivity contribution in [3.05, 3.63) is 11.6 Å². The largest absolute Gasteiger partial charge is 0.308 e. The third kappa shape index (κ3) is 3.45. The molecule has 0 amide bonds. The smallest absolute Gasteiger partial charge is 0.0307 e. The van der Waals surface area contributed by atoms with E-state index < -0.39 is 0 Å². The van der Waals surface area contributed by atoms with Crippen LogP contribution >= 0.6 is 0 Å². The van der Waals surface area contributed by atoms with Crippen molar-refractivity contribution in [3.63, 3.8) is 0 Å². The number of allylic oxidation sites excluding steroid dienone is 1. The van der Waals surface area contributed by atoms with Gasteiger partial charge >= 0.3 is 0 Å². The van der Waals surface area contributed by atoms with Crippen LogP contribution in [0.5, 0.6) is 0 Å². The summed E-state index contributed by atoms with van der Waals surface area (Å²) < 4.78 is 0. The number of rotatable bonds is 6. The average Bonchev–Trinajstić information content (AvgIpc) is 2.97. The Bertz CT molecular complexity index is 191. The van der Waals surface area contributed by atoms with E-state index in [0.717, 1.165) is 12.3 Å². The third-order valence-corrected chi connectivity index (χ3v) is 3.19. The number of hydrogen-bond acceptors (Lipinski definition) is 1. The van der Waals surface area contributed by atoms with Gasteiger partial charge in [-0.25, -0.2) is 0 Å². The molecular weight excluding hydrogens is 170 g/mol. The quantitative estimate of drug-likeness (QED) is 0.640. The molecule has 0 spiro atoms. The lowest BCUT2D eigenvalue weighted by Crippen LogP contribution is -2.38. The fraction of sp³-hybridized carbons (Fsp3) is 0.846. The Kier molecular flexibility index (Phi) is 4.67. The van der Waals surface area contributed by atoms with Crippen molar-refractivity contribution in [2.24, 2.45) is 5.92 Å². The molecule has 2 unspecified atom stereocenters. The summed E-state index contributed by atoms with van der Waals surface area (Å²) in [5.74, 6) is 0.923. The van der Waals surface area contributed by atoms with Gasteiger partial charge in [0.15, 0.2) is 0 Å². The molecule has 1 N–H and O–H groups in total. The van der Waals surface area contributed by atoms with Crippen molar-refractivity contribution < 1.29 is 0 Å². The van der Waals surface area contributed by atoms with Crippen molar-refractivity contribution in [1.82, 2.24) is 5.32 Å². The first-order chi connectivity index (χ1) is 6.69. The van der Waals surface area contributed by atoms with Crippen LogP contribution in [0.1, 0.15) is 53.4 Å². The Morgan fingerprint density at radius 1 is 1.43 bits per heavy atom. The van der Waals surface area contributed by atoms with E-state index in [2.05, 4.69) is 39.1 Å². The summed E-state index contributed by atoms with van der Waals surface area (Å²) in [7, 11) is 0. The van der Waals surface area contributed by atoms with E-state index in [9.17, 15) is 0 Å². The van der Waals surface area contributed by atoms with Crippen molar-refractivity contribution in [2.45, 2.75) is 65.5 Å². The third-order valence-electron chi connectivity index (χ3n) is 3.19. The van der Waals surface area contributed by atoms with Crippen LogP contribution in [0.25, 0.3) is 0 Å². The minimum atomic E-state index is 0.654. The molecule has 2 atom stereocenters. The zero-order valence-corrected chi connectivity index (χ0v) is 10.1. The molecule has 82 valence electrons. The predicted octanol–water partition coefficient (Wildman–Crippen LogP) is 3.51. The van der Waals surface area contributed by atoms with Gasteiger partial charge in [0.25, 0.3) is 0 Å². The molecule has 0 heterocycles. The summed E-state index contributed by atoms with van der Waals surface area (Å²) >= 11 is 0. The first-order valence-corrected chi connectivity index (χ1v) is 6.11. The van der Waals surface area contributed by atoms with Crippen LogP contribution in [0.2, 0.25) is 0 Å². The van der Waals surface area contributed by atoms with Gasteiger partial charge in [-0.3, -0.25) is 0 Å². The zero-order valence-electron chi connectivity index (χ0n) is 10.1.